The number of benzene rings is 1. The van der Waals surface area contributed by atoms with Crippen LogP contribution in [-0.4, -0.2) is 25.7 Å². The molecule has 0 aliphatic rings. The van der Waals surface area contributed by atoms with Crippen molar-refractivity contribution in [3.8, 4) is 0 Å². The lowest BCUT2D eigenvalue weighted by molar-refractivity contribution is -0.117. The van der Waals surface area contributed by atoms with E-state index in [-0.39, 0.29) is 5.91 Å². The van der Waals surface area contributed by atoms with Crippen molar-refractivity contribution in [3.05, 3.63) is 28.8 Å². The highest BCUT2D eigenvalue weighted by Gasteiger charge is 2.14. The fourth-order valence-corrected chi connectivity index (χ4v) is 1.72. The average molecular weight is 271 g/mol. The first-order valence-corrected chi connectivity index (χ1v) is 6.24. The number of anilines is 1. The van der Waals surface area contributed by atoms with Crippen molar-refractivity contribution in [1.29, 1.82) is 0 Å². The van der Waals surface area contributed by atoms with Crippen LogP contribution in [0.15, 0.2) is 18.2 Å². The van der Waals surface area contributed by atoms with Gasteiger partial charge in [-0.3, -0.25) is 4.79 Å². The first-order chi connectivity index (χ1) is 8.56. The summed E-state index contributed by atoms with van der Waals surface area (Å²) in [5, 5.41) is 3.41. The SMILES string of the molecule is COCCCC(N)C(=O)Nc1cccc(Cl)c1C. The Kier molecular flexibility index (Phi) is 6.12. The molecule has 1 unspecified atom stereocenters. The Hall–Kier alpha value is -1.10. The van der Waals surface area contributed by atoms with Crippen LogP contribution in [-0.2, 0) is 9.53 Å². The number of amides is 1. The van der Waals surface area contributed by atoms with E-state index < -0.39 is 6.04 Å². The summed E-state index contributed by atoms with van der Waals surface area (Å²) in [5.41, 5.74) is 7.34. The molecule has 1 amide bonds. The molecular weight excluding hydrogens is 252 g/mol. The minimum atomic E-state index is -0.529. The zero-order chi connectivity index (χ0) is 13.5. The van der Waals surface area contributed by atoms with Crippen LogP contribution in [0.2, 0.25) is 5.02 Å². The molecule has 0 radical (unpaired) electrons. The molecule has 0 aliphatic heterocycles. The number of carbonyl (C=O) groups excluding carboxylic acids is 1. The van der Waals surface area contributed by atoms with Crippen LogP contribution in [0, 0.1) is 6.92 Å². The molecular formula is C13H19ClN2O2. The van der Waals surface area contributed by atoms with Gasteiger partial charge in [0.25, 0.3) is 0 Å². The van der Waals surface area contributed by atoms with E-state index in [1.807, 2.05) is 6.92 Å². The molecule has 1 aromatic rings. The topological polar surface area (TPSA) is 64.3 Å². The van der Waals surface area contributed by atoms with Crippen molar-refractivity contribution < 1.29 is 9.53 Å². The summed E-state index contributed by atoms with van der Waals surface area (Å²) in [6.07, 6.45) is 1.36. The van der Waals surface area contributed by atoms with E-state index in [9.17, 15) is 4.79 Å². The molecule has 1 aromatic carbocycles. The van der Waals surface area contributed by atoms with Crippen molar-refractivity contribution in [2.45, 2.75) is 25.8 Å². The van der Waals surface area contributed by atoms with Gasteiger partial charge in [-0.2, -0.15) is 0 Å². The lowest BCUT2D eigenvalue weighted by atomic mass is 10.1. The number of methoxy groups -OCH3 is 1. The Morgan fingerprint density at radius 3 is 2.94 bits per heavy atom. The van der Waals surface area contributed by atoms with Crippen LogP contribution in [0.5, 0.6) is 0 Å². The van der Waals surface area contributed by atoms with Crippen molar-refractivity contribution >= 4 is 23.2 Å². The quantitative estimate of drug-likeness (QED) is 0.780. The lowest BCUT2D eigenvalue weighted by Crippen LogP contribution is -2.35. The van der Waals surface area contributed by atoms with Crippen LogP contribution < -0.4 is 11.1 Å². The fraction of sp³-hybridized carbons (Fsp3) is 0.462. The van der Waals surface area contributed by atoms with Gasteiger partial charge in [-0.05, 0) is 37.5 Å². The molecule has 0 heterocycles. The van der Waals surface area contributed by atoms with Crippen molar-refractivity contribution in [3.63, 3.8) is 0 Å². The van der Waals surface area contributed by atoms with E-state index >= 15 is 0 Å². The highest BCUT2D eigenvalue weighted by molar-refractivity contribution is 6.31. The number of nitrogens with one attached hydrogen (secondary N) is 1. The first-order valence-electron chi connectivity index (χ1n) is 5.86. The number of hydrogen-bond acceptors (Lipinski definition) is 3. The van der Waals surface area contributed by atoms with E-state index in [4.69, 9.17) is 22.1 Å². The van der Waals surface area contributed by atoms with Crippen molar-refractivity contribution in [2.24, 2.45) is 5.73 Å². The van der Waals surface area contributed by atoms with Gasteiger partial charge in [0.05, 0.1) is 6.04 Å². The van der Waals surface area contributed by atoms with Crippen LogP contribution in [0.4, 0.5) is 5.69 Å². The fourth-order valence-electron chi connectivity index (χ4n) is 1.55. The lowest BCUT2D eigenvalue weighted by Gasteiger charge is -2.14. The largest absolute Gasteiger partial charge is 0.385 e. The van der Waals surface area contributed by atoms with Crippen LogP contribution in [0.1, 0.15) is 18.4 Å². The molecule has 0 aliphatic carbocycles. The summed E-state index contributed by atoms with van der Waals surface area (Å²) >= 11 is 5.98. The Morgan fingerprint density at radius 2 is 2.28 bits per heavy atom. The molecule has 0 bridgehead atoms. The molecule has 18 heavy (non-hydrogen) atoms. The van der Waals surface area contributed by atoms with Crippen molar-refractivity contribution in [1.82, 2.24) is 0 Å². The smallest absolute Gasteiger partial charge is 0.241 e. The van der Waals surface area contributed by atoms with Crippen LogP contribution >= 0.6 is 11.6 Å². The number of halogens is 1. The van der Waals surface area contributed by atoms with E-state index in [1.165, 1.54) is 0 Å². The molecule has 0 saturated carbocycles. The summed E-state index contributed by atoms with van der Waals surface area (Å²) in [5.74, 6) is -0.198. The molecule has 1 rings (SSSR count). The molecule has 0 spiro atoms. The zero-order valence-electron chi connectivity index (χ0n) is 10.7. The molecule has 0 aromatic heterocycles. The Bertz CT molecular complexity index is 410. The third-order valence-electron chi connectivity index (χ3n) is 2.73. The van der Waals surface area contributed by atoms with Crippen LogP contribution in [0.25, 0.3) is 0 Å². The van der Waals surface area contributed by atoms with Gasteiger partial charge in [0.1, 0.15) is 0 Å². The number of rotatable bonds is 6. The predicted octanol–water partition coefficient (Wildman–Crippen LogP) is 2.34. The molecule has 5 heteroatoms. The number of ether oxygens (including phenoxy) is 1. The molecule has 3 N–H and O–H groups in total. The second-order valence-corrected chi connectivity index (χ2v) is 4.55. The second kappa shape index (κ2) is 7.36. The number of hydrogen-bond donors (Lipinski definition) is 2. The highest BCUT2D eigenvalue weighted by Crippen LogP contribution is 2.23. The Labute approximate surface area is 112 Å². The third kappa shape index (κ3) is 4.29. The van der Waals surface area contributed by atoms with E-state index in [2.05, 4.69) is 5.32 Å². The van der Waals surface area contributed by atoms with Crippen molar-refractivity contribution in [2.75, 3.05) is 19.0 Å². The van der Waals surface area contributed by atoms with Gasteiger partial charge in [-0.1, -0.05) is 17.7 Å². The number of carbonyl (C=O) groups is 1. The van der Waals surface area contributed by atoms with Gasteiger partial charge >= 0.3 is 0 Å². The maximum absolute atomic E-state index is 11.9. The van der Waals surface area contributed by atoms with E-state index in [0.717, 1.165) is 12.0 Å². The molecule has 100 valence electrons. The Morgan fingerprint density at radius 1 is 1.56 bits per heavy atom. The van der Waals surface area contributed by atoms with E-state index in [1.54, 1.807) is 25.3 Å². The monoisotopic (exact) mass is 270 g/mol. The summed E-state index contributed by atoms with van der Waals surface area (Å²) in [4.78, 5) is 11.9. The number of nitrogens with two attached hydrogens (primary N) is 1. The summed E-state index contributed by atoms with van der Waals surface area (Å²) < 4.78 is 4.92. The summed E-state index contributed by atoms with van der Waals surface area (Å²) in [6, 6.07) is 4.85. The normalized spacial score (nSPS) is 12.2. The summed E-state index contributed by atoms with van der Waals surface area (Å²) in [7, 11) is 1.63. The van der Waals surface area contributed by atoms with Crippen LogP contribution in [0.3, 0.4) is 0 Å². The third-order valence-corrected chi connectivity index (χ3v) is 3.14. The van der Waals surface area contributed by atoms with Gasteiger partial charge in [0.15, 0.2) is 0 Å². The first kappa shape index (κ1) is 15.0. The molecule has 4 nitrogen and oxygen atoms in total. The maximum Gasteiger partial charge on any atom is 0.241 e. The van der Waals surface area contributed by atoms with E-state index in [0.29, 0.717) is 23.7 Å². The Balaban J connectivity index is 2.56. The minimum Gasteiger partial charge on any atom is -0.385 e. The predicted molar refractivity (Wildman–Crippen MR) is 73.9 cm³/mol. The molecule has 1 atom stereocenters. The molecule has 0 saturated heterocycles. The summed E-state index contributed by atoms with van der Waals surface area (Å²) in [6.45, 7) is 2.46. The average Bonchev–Trinajstić information content (AvgIpc) is 2.35. The van der Waals surface area contributed by atoms with Gasteiger partial charge < -0.3 is 15.8 Å². The van der Waals surface area contributed by atoms with Gasteiger partial charge in [-0.15, -0.1) is 0 Å². The molecule has 0 fully saturated rings. The van der Waals surface area contributed by atoms with Gasteiger partial charge in [0.2, 0.25) is 5.91 Å². The minimum absolute atomic E-state index is 0.198. The zero-order valence-corrected chi connectivity index (χ0v) is 11.5. The maximum atomic E-state index is 11.9. The highest BCUT2D eigenvalue weighted by atomic mass is 35.5. The van der Waals surface area contributed by atoms with Gasteiger partial charge in [-0.25, -0.2) is 0 Å². The van der Waals surface area contributed by atoms with Gasteiger partial charge in [0, 0.05) is 24.4 Å². The standard InChI is InChI=1S/C13H19ClN2O2/c1-9-10(14)5-3-7-12(9)16-13(17)11(15)6-4-8-18-2/h3,5,7,11H,4,6,8,15H2,1-2H3,(H,16,17). The second-order valence-electron chi connectivity index (χ2n) is 4.14.